The fraction of sp³-hybridized carbons (Fsp3) is 0.357. The van der Waals surface area contributed by atoms with E-state index in [-0.39, 0.29) is 17.2 Å². The number of hydrogen-bond donors (Lipinski definition) is 2. The van der Waals surface area contributed by atoms with Gasteiger partial charge >= 0.3 is 0 Å². The Hall–Kier alpha value is -2.95. The maximum Gasteiger partial charge on any atom is 0.267 e. The van der Waals surface area contributed by atoms with Crippen LogP contribution >= 0.6 is 34.4 Å². The number of para-hydroxylation sites is 1. The van der Waals surface area contributed by atoms with E-state index in [0.29, 0.717) is 27.0 Å². The predicted molar refractivity (Wildman–Crippen MR) is 155 cm³/mol. The SMILES string of the molecule is CC1CCc2c(sc3nc(SCC(=O)Nc4sc5c(c4C(N)=O)CCCC5)n(-c4ccccc4)c(=O)c23)C1. The second kappa shape index (κ2) is 10.3. The van der Waals surface area contributed by atoms with Crippen molar-refractivity contribution < 1.29 is 9.59 Å². The van der Waals surface area contributed by atoms with E-state index in [4.69, 9.17) is 10.7 Å². The highest BCUT2D eigenvalue weighted by molar-refractivity contribution is 7.99. The van der Waals surface area contributed by atoms with Crippen LogP contribution in [0.1, 0.15) is 57.4 Å². The highest BCUT2D eigenvalue weighted by Gasteiger charge is 2.27. The van der Waals surface area contributed by atoms with E-state index in [1.54, 1.807) is 15.9 Å². The standard InChI is InChI=1S/C28H28N4O3S3/c1-15-11-12-18-20(13-15)38-26-23(18)27(35)32(16-7-3-2-4-8-16)28(31-26)36-14-21(33)30-25-22(24(29)34)17-9-5-6-10-19(17)37-25/h2-4,7-8,15H,5-6,9-14H2,1H3,(H2,29,34)(H,30,33). The van der Waals surface area contributed by atoms with Crippen molar-refractivity contribution in [3.63, 3.8) is 0 Å². The molecule has 0 saturated heterocycles. The van der Waals surface area contributed by atoms with Crippen molar-refractivity contribution in [1.82, 2.24) is 9.55 Å². The molecule has 0 bridgehead atoms. The van der Waals surface area contributed by atoms with Gasteiger partial charge in [0.1, 0.15) is 9.83 Å². The molecule has 38 heavy (non-hydrogen) atoms. The quantitative estimate of drug-likeness (QED) is 0.243. The maximum absolute atomic E-state index is 13.9. The number of thioether (sulfide) groups is 1. The summed E-state index contributed by atoms with van der Waals surface area (Å²) in [5.74, 6) is -0.122. The van der Waals surface area contributed by atoms with Crippen LogP contribution in [0.15, 0.2) is 40.3 Å². The number of carbonyl (C=O) groups excluding carboxylic acids is 2. The molecule has 1 aromatic carbocycles. The lowest BCUT2D eigenvalue weighted by molar-refractivity contribution is -0.113. The van der Waals surface area contributed by atoms with E-state index < -0.39 is 5.91 Å². The third kappa shape index (κ3) is 4.58. The van der Waals surface area contributed by atoms with Crippen LogP contribution in [0.2, 0.25) is 0 Å². The molecule has 1 atom stereocenters. The number of aromatic nitrogens is 2. The van der Waals surface area contributed by atoms with Crippen LogP contribution in [-0.4, -0.2) is 27.1 Å². The van der Waals surface area contributed by atoms with Crippen LogP contribution in [0.5, 0.6) is 0 Å². The van der Waals surface area contributed by atoms with Gasteiger partial charge in [0.25, 0.3) is 11.5 Å². The van der Waals surface area contributed by atoms with Gasteiger partial charge in [0.05, 0.1) is 22.4 Å². The molecule has 0 spiro atoms. The van der Waals surface area contributed by atoms with E-state index in [9.17, 15) is 14.4 Å². The number of primary amides is 1. The second-order valence-electron chi connectivity index (χ2n) is 10.0. The molecular weight excluding hydrogens is 537 g/mol. The van der Waals surface area contributed by atoms with Crippen molar-refractivity contribution in [2.24, 2.45) is 11.7 Å². The summed E-state index contributed by atoms with van der Waals surface area (Å²) in [5.41, 5.74) is 8.90. The lowest BCUT2D eigenvalue weighted by Gasteiger charge is -2.17. The zero-order chi connectivity index (χ0) is 26.4. The molecule has 6 rings (SSSR count). The fourth-order valence-corrected chi connectivity index (χ4v) is 9.03. The summed E-state index contributed by atoms with van der Waals surface area (Å²) < 4.78 is 1.63. The number of anilines is 1. The minimum Gasteiger partial charge on any atom is -0.365 e. The topological polar surface area (TPSA) is 107 Å². The smallest absolute Gasteiger partial charge is 0.267 e. The van der Waals surface area contributed by atoms with Gasteiger partial charge in [-0.3, -0.25) is 19.0 Å². The first-order valence-corrected chi connectivity index (χ1v) is 15.5. The number of nitrogens with one attached hydrogen (secondary N) is 1. The summed E-state index contributed by atoms with van der Waals surface area (Å²) in [7, 11) is 0. The number of fused-ring (bicyclic) bond motifs is 4. The molecule has 3 aromatic heterocycles. The number of amides is 2. The van der Waals surface area contributed by atoms with E-state index in [1.165, 1.54) is 28.0 Å². The number of nitrogens with zero attached hydrogens (tertiary/aromatic N) is 2. The van der Waals surface area contributed by atoms with Gasteiger partial charge in [0, 0.05) is 9.75 Å². The molecule has 7 nitrogen and oxygen atoms in total. The Morgan fingerprint density at radius 1 is 1.11 bits per heavy atom. The van der Waals surface area contributed by atoms with Crippen LogP contribution in [-0.2, 0) is 30.5 Å². The molecule has 10 heteroatoms. The predicted octanol–water partition coefficient (Wildman–Crippen LogP) is 5.34. The minimum absolute atomic E-state index is 0.0493. The maximum atomic E-state index is 13.9. The third-order valence-corrected chi connectivity index (χ3v) is 10.6. The molecule has 0 saturated carbocycles. The first kappa shape index (κ1) is 25.3. The highest BCUT2D eigenvalue weighted by Crippen LogP contribution is 2.39. The molecule has 0 aliphatic heterocycles. The van der Waals surface area contributed by atoms with Crippen molar-refractivity contribution in [1.29, 1.82) is 0 Å². The zero-order valence-electron chi connectivity index (χ0n) is 21.0. The molecule has 3 heterocycles. The molecule has 1 unspecified atom stereocenters. The molecule has 2 amide bonds. The zero-order valence-corrected chi connectivity index (χ0v) is 23.5. The Labute approximate surface area is 232 Å². The molecule has 0 fully saturated rings. The van der Waals surface area contributed by atoms with E-state index in [1.807, 2.05) is 30.3 Å². The van der Waals surface area contributed by atoms with Gasteiger partial charge < -0.3 is 11.1 Å². The van der Waals surface area contributed by atoms with Crippen molar-refractivity contribution in [3.8, 4) is 5.69 Å². The van der Waals surface area contributed by atoms with Crippen molar-refractivity contribution in [2.45, 2.75) is 57.0 Å². The Balaban J connectivity index is 1.33. The molecule has 0 radical (unpaired) electrons. The summed E-state index contributed by atoms with van der Waals surface area (Å²) in [4.78, 5) is 47.2. The lowest BCUT2D eigenvalue weighted by Crippen LogP contribution is -2.24. The first-order chi connectivity index (χ1) is 18.4. The van der Waals surface area contributed by atoms with Gasteiger partial charge in [-0.1, -0.05) is 36.9 Å². The molecule has 196 valence electrons. The molecule has 4 aromatic rings. The highest BCUT2D eigenvalue weighted by atomic mass is 32.2. The number of benzene rings is 1. The molecule has 2 aliphatic rings. The van der Waals surface area contributed by atoms with Gasteiger partial charge in [-0.15, -0.1) is 22.7 Å². The van der Waals surface area contributed by atoms with E-state index in [2.05, 4.69) is 12.2 Å². The van der Waals surface area contributed by atoms with Crippen LogP contribution in [0, 0.1) is 5.92 Å². The fourth-order valence-electron chi connectivity index (χ4n) is 5.48. The second-order valence-corrected chi connectivity index (χ2v) is 13.1. The average molecular weight is 565 g/mol. The van der Waals surface area contributed by atoms with Crippen molar-refractivity contribution >= 4 is 61.5 Å². The summed E-state index contributed by atoms with van der Waals surface area (Å²) in [6.45, 7) is 2.25. The summed E-state index contributed by atoms with van der Waals surface area (Å²) in [5, 5.41) is 4.64. The Kier molecular flexibility index (Phi) is 6.88. The Morgan fingerprint density at radius 2 is 1.89 bits per heavy atom. The van der Waals surface area contributed by atoms with Crippen LogP contribution < -0.4 is 16.6 Å². The number of thiophene rings is 2. The van der Waals surface area contributed by atoms with Gasteiger partial charge in [0.2, 0.25) is 5.91 Å². The number of carbonyl (C=O) groups is 2. The van der Waals surface area contributed by atoms with Crippen LogP contribution in [0.25, 0.3) is 15.9 Å². The third-order valence-electron chi connectivity index (χ3n) is 7.32. The summed E-state index contributed by atoms with van der Waals surface area (Å²) in [6, 6.07) is 9.46. The van der Waals surface area contributed by atoms with Crippen molar-refractivity contribution in [3.05, 3.63) is 67.1 Å². The number of rotatable bonds is 6. The van der Waals surface area contributed by atoms with E-state index >= 15 is 0 Å². The first-order valence-electron chi connectivity index (χ1n) is 12.9. The van der Waals surface area contributed by atoms with Crippen LogP contribution in [0.3, 0.4) is 0 Å². The van der Waals surface area contributed by atoms with Gasteiger partial charge in [-0.25, -0.2) is 4.98 Å². The number of aryl methyl sites for hydroxylation is 2. The number of hydrogen-bond acceptors (Lipinski definition) is 7. The van der Waals surface area contributed by atoms with Gasteiger partial charge in [-0.2, -0.15) is 0 Å². The Morgan fingerprint density at radius 3 is 2.68 bits per heavy atom. The molecular formula is C28H28N4O3S3. The summed E-state index contributed by atoms with van der Waals surface area (Å²) in [6.07, 6.45) is 6.74. The lowest BCUT2D eigenvalue weighted by atomic mass is 9.89. The monoisotopic (exact) mass is 564 g/mol. The molecule has 3 N–H and O–H groups in total. The molecule has 2 aliphatic carbocycles. The minimum atomic E-state index is -0.506. The van der Waals surface area contributed by atoms with Crippen LogP contribution in [0.4, 0.5) is 5.00 Å². The normalized spacial score (nSPS) is 16.7. The largest absolute Gasteiger partial charge is 0.365 e. The van der Waals surface area contributed by atoms with Crippen molar-refractivity contribution in [2.75, 3.05) is 11.1 Å². The summed E-state index contributed by atoms with van der Waals surface area (Å²) >= 11 is 4.28. The Bertz CT molecular complexity index is 1620. The van der Waals surface area contributed by atoms with E-state index in [0.717, 1.165) is 71.5 Å². The average Bonchev–Trinajstić information content (AvgIpc) is 3.45. The van der Waals surface area contributed by atoms with Gasteiger partial charge in [-0.05, 0) is 74.1 Å². The number of nitrogens with two attached hydrogens (primary N) is 1. The van der Waals surface area contributed by atoms with Gasteiger partial charge in [0.15, 0.2) is 5.16 Å².